The monoisotopic (exact) mass is 231 g/mol. The number of esters is 1. The molecule has 0 saturated heterocycles. The van der Waals surface area contributed by atoms with Gasteiger partial charge in [0.1, 0.15) is 0 Å². The number of carbonyl (C=O) groups is 1. The third-order valence-electron chi connectivity index (χ3n) is 2.01. The minimum absolute atomic E-state index is 0.0925. The van der Waals surface area contributed by atoms with E-state index in [0.717, 1.165) is 13.2 Å². The maximum Gasteiger partial charge on any atom is 0.309 e. The first-order chi connectivity index (χ1) is 7.57. The Labute approximate surface area is 98.7 Å². The minimum Gasteiger partial charge on any atom is -0.466 e. The van der Waals surface area contributed by atoms with Crippen LogP contribution in [0.1, 0.15) is 27.7 Å². The summed E-state index contributed by atoms with van der Waals surface area (Å²) in [7, 11) is 0. The summed E-state index contributed by atoms with van der Waals surface area (Å²) in [5, 5.41) is 3.17. The van der Waals surface area contributed by atoms with Crippen LogP contribution in [-0.4, -0.2) is 38.9 Å². The van der Waals surface area contributed by atoms with Crippen molar-refractivity contribution in [3.05, 3.63) is 0 Å². The van der Waals surface area contributed by atoms with Gasteiger partial charge in [0.2, 0.25) is 0 Å². The third-order valence-corrected chi connectivity index (χ3v) is 2.01. The molecule has 96 valence electrons. The highest BCUT2D eigenvalue weighted by Crippen LogP contribution is 1.96. The standard InChI is InChI=1S/C12H25NO3/c1-5-16-12(14)11(4)8-13-6-7-15-9-10(2)3/h10-11,13H,5-9H2,1-4H3. The zero-order chi connectivity index (χ0) is 12.4. The smallest absolute Gasteiger partial charge is 0.309 e. The predicted octanol–water partition coefficient (Wildman–Crippen LogP) is 1.45. The number of rotatable bonds is 9. The van der Waals surface area contributed by atoms with Crippen LogP contribution in [0.3, 0.4) is 0 Å². The van der Waals surface area contributed by atoms with E-state index in [4.69, 9.17) is 9.47 Å². The fourth-order valence-electron chi connectivity index (χ4n) is 1.15. The molecule has 16 heavy (non-hydrogen) atoms. The Kier molecular flexibility index (Phi) is 9.24. The highest BCUT2D eigenvalue weighted by molar-refractivity contribution is 5.72. The average molecular weight is 231 g/mol. The van der Waals surface area contributed by atoms with Crippen LogP contribution in [0, 0.1) is 11.8 Å². The van der Waals surface area contributed by atoms with Crippen molar-refractivity contribution in [1.82, 2.24) is 5.32 Å². The normalized spacial score (nSPS) is 12.8. The molecular weight excluding hydrogens is 206 g/mol. The molecule has 0 amide bonds. The molecule has 0 heterocycles. The second kappa shape index (κ2) is 9.60. The number of hydrogen-bond donors (Lipinski definition) is 1. The molecule has 0 aliphatic rings. The zero-order valence-electron chi connectivity index (χ0n) is 10.9. The summed E-state index contributed by atoms with van der Waals surface area (Å²) in [6.45, 7) is 11.3. The van der Waals surface area contributed by atoms with E-state index < -0.39 is 0 Å². The SMILES string of the molecule is CCOC(=O)C(C)CNCCOCC(C)C. The van der Waals surface area contributed by atoms with Gasteiger partial charge < -0.3 is 14.8 Å². The van der Waals surface area contributed by atoms with Crippen LogP contribution in [-0.2, 0) is 14.3 Å². The minimum atomic E-state index is -0.141. The van der Waals surface area contributed by atoms with E-state index >= 15 is 0 Å². The van der Waals surface area contributed by atoms with Gasteiger partial charge in [-0.05, 0) is 12.8 Å². The Bertz CT molecular complexity index is 183. The van der Waals surface area contributed by atoms with Crippen LogP contribution in [0.4, 0.5) is 0 Å². The van der Waals surface area contributed by atoms with Crippen molar-refractivity contribution in [3.8, 4) is 0 Å². The van der Waals surface area contributed by atoms with Crippen LogP contribution in [0.2, 0.25) is 0 Å². The van der Waals surface area contributed by atoms with Gasteiger partial charge in [-0.3, -0.25) is 4.79 Å². The van der Waals surface area contributed by atoms with E-state index in [1.807, 2.05) is 13.8 Å². The molecule has 4 heteroatoms. The molecule has 0 aliphatic heterocycles. The Hall–Kier alpha value is -0.610. The summed E-state index contributed by atoms with van der Waals surface area (Å²) in [6, 6.07) is 0. The molecule has 0 bridgehead atoms. The molecule has 0 fully saturated rings. The molecule has 0 saturated carbocycles. The predicted molar refractivity (Wildman–Crippen MR) is 64.3 cm³/mol. The zero-order valence-corrected chi connectivity index (χ0v) is 10.9. The van der Waals surface area contributed by atoms with Crippen molar-refractivity contribution in [1.29, 1.82) is 0 Å². The maximum atomic E-state index is 11.3. The van der Waals surface area contributed by atoms with E-state index in [0.29, 0.717) is 25.7 Å². The molecule has 0 aromatic heterocycles. The quantitative estimate of drug-likeness (QED) is 0.482. The van der Waals surface area contributed by atoms with Gasteiger partial charge in [-0.2, -0.15) is 0 Å². The molecule has 0 aromatic carbocycles. The Morgan fingerprint density at radius 1 is 1.31 bits per heavy atom. The summed E-state index contributed by atoms with van der Waals surface area (Å²) in [6.07, 6.45) is 0. The molecule has 1 atom stereocenters. The van der Waals surface area contributed by atoms with Gasteiger partial charge in [0.25, 0.3) is 0 Å². The van der Waals surface area contributed by atoms with Gasteiger partial charge in [-0.25, -0.2) is 0 Å². The summed E-state index contributed by atoms with van der Waals surface area (Å²) < 4.78 is 10.3. The van der Waals surface area contributed by atoms with Crippen LogP contribution >= 0.6 is 0 Å². The van der Waals surface area contributed by atoms with Crippen molar-refractivity contribution >= 4 is 5.97 Å². The van der Waals surface area contributed by atoms with Gasteiger partial charge in [-0.1, -0.05) is 20.8 Å². The fourth-order valence-corrected chi connectivity index (χ4v) is 1.15. The third kappa shape index (κ3) is 8.68. The molecule has 0 aromatic rings. The molecule has 1 N–H and O–H groups in total. The summed E-state index contributed by atoms with van der Waals surface area (Å²) in [5.41, 5.74) is 0. The van der Waals surface area contributed by atoms with Crippen molar-refractivity contribution in [2.75, 3.05) is 32.9 Å². The van der Waals surface area contributed by atoms with E-state index in [9.17, 15) is 4.79 Å². The summed E-state index contributed by atoms with van der Waals surface area (Å²) >= 11 is 0. The first-order valence-electron chi connectivity index (χ1n) is 6.03. The first kappa shape index (κ1) is 15.4. The van der Waals surface area contributed by atoms with Crippen LogP contribution in [0.25, 0.3) is 0 Å². The van der Waals surface area contributed by atoms with E-state index in [1.54, 1.807) is 0 Å². The molecule has 0 rings (SSSR count). The van der Waals surface area contributed by atoms with Crippen LogP contribution in [0.15, 0.2) is 0 Å². The Morgan fingerprint density at radius 2 is 2.00 bits per heavy atom. The second-order valence-corrected chi connectivity index (χ2v) is 4.33. The largest absolute Gasteiger partial charge is 0.466 e. The first-order valence-corrected chi connectivity index (χ1v) is 6.03. The lowest BCUT2D eigenvalue weighted by Gasteiger charge is -2.12. The Balaban J connectivity index is 3.34. The van der Waals surface area contributed by atoms with Gasteiger partial charge in [0.05, 0.1) is 19.1 Å². The highest BCUT2D eigenvalue weighted by Gasteiger charge is 2.12. The summed E-state index contributed by atoms with van der Waals surface area (Å²) in [5.74, 6) is 0.335. The lowest BCUT2D eigenvalue weighted by molar-refractivity contribution is -0.147. The van der Waals surface area contributed by atoms with Crippen LogP contribution < -0.4 is 5.32 Å². The topological polar surface area (TPSA) is 47.6 Å². The lowest BCUT2D eigenvalue weighted by atomic mass is 10.2. The second-order valence-electron chi connectivity index (χ2n) is 4.33. The van der Waals surface area contributed by atoms with Crippen molar-refractivity contribution in [2.45, 2.75) is 27.7 Å². The van der Waals surface area contributed by atoms with Gasteiger partial charge in [0.15, 0.2) is 0 Å². The lowest BCUT2D eigenvalue weighted by Crippen LogP contribution is -2.30. The molecule has 0 spiro atoms. The number of hydrogen-bond acceptors (Lipinski definition) is 4. The van der Waals surface area contributed by atoms with Crippen molar-refractivity contribution in [2.24, 2.45) is 11.8 Å². The molecule has 1 unspecified atom stereocenters. The number of nitrogens with one attached hydrogen (secondary N) is 1. The van der Waals surface area contributed by atoms with Crippen molar-refractivity contribution in [3.63, 3.8) is 0 Å². The van der Waals surface area contributed by atoms with Gasteiger partial charge >= 0.3 is 5.97 Å². The molecule has 4 nitrogen and oxygen atoms in total. The van der Waals surface area contributed by atoms with Gasteiger partial charge in [0, 0.05) is 19.7 Å². The molecular formula is C12H25NO3. The van der Waals surface area contributed by atoms with Crippen molar-refractivity contribution < 1.29 is 14.3 Å². The summed E-state index contributed by atoms with van der Waals surface area (Å²) in [4.78, 5) is 11.3. The highest BCUT2D eigenvalue weighted by atomic mass is 16.5. The molecule has 0 aliphatic carbocycles. The van der Waals surface area contributed by atoms with E-state index in [2.05, 4.69) is 19.2 Å². The average Bonchev–Trinajstić information content (AvgIpc) is 2.22. The number of ether oxygens (including phenoxy) is 2. The maximum absolute atomic E-state index is 11.3. The Morgan fingerprint density at radius 3 is 2.56 bits per heavy atom. The van der Waals surface area contributed by atoms with E-state index in [-0.39, 0.29) is 11.9 Å². The van der Waals surface area contributed by atoms with E-state index in [1.165, 1.54) is 0 Å². The van der Waals surface area contributed by atoms with Crippen LogP contribution in [0.5, 0.6) is 0 Å². The number of carbonyl (C=O) groups excluding carboxylic acids is 1. The fraction of sp³-hybridized carbons (Fsp3) is 0.917. The van der Waals surface area contributed by atoms with Gasteiger partial charge in [-0.15, -0.1) is 0 Å². The molecule has 0 radical (unpaired) electrons.